The smallest absolute Gasteiger partial charge is 0.335 e. The summed E-state index contributed by atoms with van der Waals surface area (Å²) in [6.07, 6.45) is 1.85. The van der Waals surface area contributed by atoms with Crippen LogP contribution in [0.1, 0.15) is 27.7 Å². The number of hydrogen-bond donors (Lipinski definition) is 0. The quantitative estimate of drug-likeness (QED) is 0.483. The lowest BCUT2D eigenvalue weighted by Crippen LogP contribution is -2.18. The van der Waals surface area contributed by atoms with Crippen molar-refractivity contribution in [3.63, 3.8) is 0 Å². The van der Waals surface area contributed by atoms with E-state index in [-0.39, 0.29) is 5.97 Å². The highest BCUT2D eigenvalue weighted by molar-refractivity contribution is 5.87. The van der Waals surface area contributed by atoms with Gasteiger partial charge >= 0.3 is 5.97 Å². The molecule has 0 aliphatic rings. The second-order valence-electron chi connectivity index (χ2n) is 2.75. The van der Waals surface area contributed by atoms with E-state index in [1.165, 1.54) is 0 Å². The van der Waals surface area contributed by atoms with E-state index in [1.807, 2.05) is 13.1 Å². The molecule has 0 radical (unpaired) electrons. The second-order valence-corrected chi connectivity index (χ2v) is 2.75. The summed E-state index contributed by atoms with van der Waals surface area (Å²) in [4.78, 5) is 13.3. The van der Waals surface area contributed by atoms with Crippen LogP contribution < -0.4 is 0 Å². The Labute approximate surface area is 80.4 Å². The van der Waals surface area contributed by atoms with E-state index in [1.54, 1.807) is 6.92 Å². The van der Waals surface area contributed by atoms with Gasteiger partial charge in [-0.05, 0) is 27.7 Å². The maximum absolute atomic E-state index is 11.2. The Hall–Kier alpha value is -0.990. The van der Waals surface area contributed by atoms with Crippen LogP contribution in [0.5, 0.6) is 0 Å². The molecule has 0 amide bonds. The molecule has 0 heterocycles. The molecule has 0 N–H and O–H groups in total. The molecule has 0 aliphatic carbocycles. The van der Waals surface area contributed by atoms with Gasteiger partial charge in [-0.2, -0.15) is 0 Å². The molecule has 0 spiro atoms. The van der Waals surface area contributed by atoms with Crippen LogP contribution in [0.15, 0.2) is 11.8 Å². The minimum absolute atomic E-state index is 0.227. The van der Waals surface area contributed by atoms with Crippen molar-refractivity contribution in [2.45, 2.75) is 27.7 Å². The molecule has 13 heavy (non-hydrogen) atoms. The molecule has 0 atom stereocenters. The number of carbonyl (C=O) groups excluding carboxylic acids is 1. The van der Waals surface area contributed by atoms with Crippen molar-refractivity contribution >= 4 is 5.97 Å². The molecular weight excluding hydrogens is 166 g/mol. The van der Waals surface area contributed by atoms with Gasteiger partial charge in [0.15, 0.2) is 0 Å². The van der Waals surface area contributed by atoms with Gasteiger partial charge in [0.2, 0.25) is 0 Å². The van der Waals surface area contributed by atoms with Crippen LogP contribution in [0, 0.1) is 0 Å². The van der Waals surface area contributed by atoms with E-state index in [9.17, 15) is 4.79 Å². The number of esters is 1. The predicted octanol–water partition coefficient (Wildman–Crippen LogP) is 1.80. The molecule has 0 saturated carbocycles. The lowest BCUT2D eigenvalue weighted by molar-refractivity contribution is -0.138. The van der Waals surface area contributed by atoms with E-state index in [0.29, 0.717) is 12.2 Å². The lowest BCUT2D eigenvalue weighted by atomic mass is 10.3. The molecule has 0 rings (SSSR count). The van der Waals surface area contributed by atoms with E-state index < -0.39 is 0 Å². The fourth-order valence-electron chi connectivity index (χ4n) is 0.978. The fraction of sp³-hybridized carbons (Fsp3) is 0.700. The molecule has 3 nitrogen and oxygen atoms in total. The molecular formula is C10H19NO2. The Morgan fingerprint density at radius 3 is 2.23 bits per heavy atom. The Morgan fingerprint density at radius 1 is 1.31 bits per heavy atom. The fourth-order valence-corrected chi connectivity index (χ4v) is 0.978. The van der Waals surface area contributed by atoms with Gasteiger partial charge in [0.1, 0.15) is 0 Å². The third-order valence-corrected chi connectivity index (χ3v) is 1.79. The van der Waals surface area contributed by atoms with Gasteiger partial charge in [0.05, 0.1) is 6.61 Å². The molecule has 0 aromatic rings. The lowest BCUT2D eigenvalue weighted by Gasteiger charge is -2.16. The summed E-state index contributed by atoms with van der Waals surface area (Å²) in [6, 6.07) is 0. The van der Waals surface area contributed by atoms with Crippen molar-refractivity contribution in [2.24, 2.45) is 0 Å². The van der Waals surface area contributed by atoms with Gasteiger partial charge in [-0.25, -0.2) is 4.79 Å². The molecule has 3 heteroatoms. The first kappa shape index (κ1) is 12.0. The number of rotatable bonds is 5. The minimum atomic E-state index is -0.227. The Kier molecular flexibility index (Phi) is 6.02. The predicted molar refractivity (Wildman–Crippen MR) is 53.3 cm³/mol. The zero-order valence-corrected chi connectivity index (χ0v) is 8.96. The normalized spacial score (nSPS) is 11.2. The highest BCUT2D eigenvalue weighted by atomic mass is 16.5. The number of carbonyl (C=O) groups is 1. The van der Waals surface area contributed by atoms with Crippen molar-refractivity contribution in [3.8, 4) is 0 Å². The van der Waals surface area contributed by atoms with Crippen LogP contribution in [0.3, 0.4) is 0 Å². The average Bonchev–Trinajstić information content (AvgIpc) is 2.14. The van der Waals surface area contributed by atoms with Crippen LogP contribution in [0.4, 0.5) is 0 Å². The first-order chi connectivity index (χ1) is 6.15. The molecule has 76 valence electrons. The molecule has 0 saturated heterocycles. The van der Waals surface area contributed by atoms with E-state index in [2.05, 4.69) is 18.7 Å². The third-order valence-electron chi connectivity index (χ3n) is 1.79. The first-order valence-corrected chi connectivity index (χ1v) is 4.75. The first-order valence-electron chi connectivity index (χ1n) is 4.75. The van der Waals surface area contributed by atoms with Crippen LogP contribution in [0.2, 0.25) is 0 Å². The highest BCUT2D eigenvalue weighted by Crippen LogP contribution is 1.99. The number of ether oxygens (including phenoxy) is 1. The summed E-state index contributed by atoms with van der Waals surface area (Å²) in [7, 11) is 0. The molecule has 0 unspecified atom stereocenters. The molecule has 0 aliphatic heterocycles. The van der Waals surface area contributed by atoms with Crippen molar-refractivity contribution in [3.05, 3.63) is 11.8 Å². The van der Waals surface area contributed by atoms with Gasteiger partial charge in [-0.1, -0.05) is 0 Å². The average molecular weight is 185 g/mol. The van der Waals surface area contributed by atoms with Crippen molar-refractivity contribution in [1.82, 2.24) is 4.90 Å². The summed E-state index contributed by atoms with van der Waals surface area (Å²) in [5.74, 6) is -0.227. The number of hydrogen-bond acceptors (Lipinski definition) is 3. The number of nitrogens with zero attached hydrogens (tertiary/aromatic N) is 1. The minimum Gasteiger partial charge on any atom is -0.463 e. The Balaban J connectivity index is 4.20. The topological polar surface area (TPSA) is 29.5 Å². The highest BCUT2D eigenvalue weighted by Gasteiger charge is 2.05. The molecule has 0 bridgehead atoms. The Bertz CT molecular complexity index is 183. The monoisotopic (exact) mass is 185 g/mol. The summed E-state index contributed by atoms with van der Waals surface area (Å²) >= 11 is 0. The molecule has 0 fully saturated rings. The summed E-state index contributed by atoms with van der Waals surface area (Å²) in [5, 5.41) is 0. The molecule has 0 aromatic heterocycles. The van der Waals surface area contributed by atoms with Gasteiger partial charge in [-0.15, -0.1) is 0 Å². The maximum Gasteiger partial charge on any atom is 0.335 e. The van der Waals surface area contributed by atoms with E-state index >= 15 is 0 Å². The SMILES string of the molecule is CCOC(=O)/C(C)=C/N(CC)CC. The zero-order valence-electron chi connectivity index (χ0n) is 8.96. The van der Waals surface area contributed by atoms with Crippen molar-refractivity contribution in [1.29, 1.82) is 0 Å². The van der Waals surface area contributed by atoms with Crippen molar-refractivity contribution in [2.75, 3.05) is 19.7 Å². The third kappa shape index (κ3) is 4.55. The maximum atomic E-state index is 11.2. The standard InChI is InChI=1S/C10H19NO2/c1-5-11(6-2)8-9(4)10(12)13-7-3/h8H,5-7H2,1-4H3/b9-8+. The molecule has 0 aromatic carbocycles. The van der Waals surface area contributed by atoms with Crippen LogP contribution in [0.25, 0.3) is 0 Å². The summed E-state index contributed by atoms with van der Waals surface area (Å²) in [5.41, 5.74) is 0.658. The van der Waals surface area contributed by atoms with Crippen molar-refractivity contribution < 1.29 is 9.53 Å². The summed E-state index contributed by atoms with van der Waals surface area (Å²) in [6.45, 7) is 9.94. The van der Waals surface area contributed by atoms with Crippen LogP contribution >= 0.6 is 0 Å². The van der Waals surface area contributed by atoms with Crippen LogP contribution in [-0.4, -0.2) is 30.6 Å². The summed E-state index contributed by atoms with van der Waals surface area (Å²) < 4.78 is 4.86. The van der Waals surface area contributed by atoms with Gasteiger partial charge < -0.3 is 9.64 Å². The van der Waals surface area contributed by atoms with E-state index in [0.717, 1.165) is 13.1 Å². The van der Waals surface area contributed by atoms with E-state index in [4.69, 9.17) is 4.74 Å². The van der Waals surface area contributed by atoms with Gasteiger partial charge in [-0.3, -0.25) is 0 Å². The van der Waals surface area contributed by atoms with Gasteiger partial charge in [0, 0.05) is 24.9 Å². The van der Waals surface area contributed by atoms with Gasteiger partial charge in [0.25, 0.3) is 0 Å². The van der Waals surface area contributed by atoms with Crippen LogP contribution in [-0.2, 0) is 9.53 Å². The zero-order chi connectivity index (χ0) is 10.3. The Morgan fingerprint density at radius 2 is 1.85 bits per heavy atom. The largest absolute Gasteiger partial charge is 0.463 e. The second kappa shape index (κ2) is 6.52.